The normalized spacial score (nSPS) is 19.1. The van der Waals surface area contributed by atoms with Crippen molar-refractivity contribution in [3.8, 4) is 0 Å². The third kappa shape index (κ3) is 5.28. The van der Waals surface area contributed by atoms with Crippen molar-refractivity contribution in [3.63, 3.8) is 0 Å². The van der Waals surface area contributed by atoms with Gasteiger partial charge in [0.25, 0.3) is 0 Å². The molecule has 0 aromatic carbocycles. The summed E-state index contributed by atoms with van der Waals surface area (Å²) in [5.74, 6) is 0.584. The van der Waals surface area contributed by atoms with Gasteiger partial charge in [-0.1, -0.05) is 39.5 Å². The molecule has 0 rings (SSSR count). The SMILES string of the molecule is CCCCCCC(C)C(NC)C(C)(N)CN. The van der Waals surface area contributed by atoms with E-state index in [2.05, 4.69) is 19.2 Å². The molecule has 0 aromatic rings. The lowest BCUT2D eigenvalue weighted by Gasteiger charge is -2.37. The maximum atomic E-state index is 6.21. The van der Waals surface area contributed by atoms with Gasteiger partial charge in [0.15, 0.2) is 0 Å². The zero-order chi connectivity index (χ0) is 12.6. The highest BCUT2D eigenvalue weighted by Crippen LogP contribution is 2.20. The Balaban J connectivity index is 4.06. The molecule has 0 aliphatic rings. The van der Waals surface area contributed by atoms with Crippen LogP contribution in [0.5, 0.6) is 0 Å². The van der Waals surface area contributed by atoms with E-state index in [0.29, 0.717) is 18.5 Å². The summed E-state index contributed by atoms with van der Waals surface area (Å²) in [5, 5.41) is 3.33. The topological polar surface area (TPSA) is 64.1 Å². The molecule has 0 saturated heterocycles. The predicted octanol–water partition coefficient (Wildman–Crippen LogP) is 1.86. The Kier molecular flexibility index (Phi) is 7.98. The Bertz CT molecular complexity index is 169. The minimum atomic E-state index is -0.307. The van der Waals surface area contributed by atoms with Gasteiger partial charge in [-0.3, -0.25) is 0 Å². The molecule has 5 N–H and O–H groups in total. The van der Waals surface area contributed by atoms with E-state index in [1.54, 1.807) is 0 Å². The molecule has 0 fully saturated rings. The van der Waals surface area contributed by atoms with Gasteiger partial charge < -0.3 is 16.8 Å². The van der Waals surface area contributed by atoms with Gasteiger partial charge in [-0.25, -0.2) is 0 Å². The average Bonchev–Trinajstić information content (AvgIpc) is 2.25. The number of hydrogen-bond donors (Lipinski definition) is 3. The quantitative estimate of drug-likeness (QED) is 0.529. The fourth-order valence-electron chi connectivity index (χ4n) is 2.45. The van der Waals surface area contributed by atoms with Crippen LogP contribution < -0.4 is 16.8 Å². The summed E-state index contributed by atoms with van der Waals surface area (Å²) < 4.78 is 0. The van der Waals surface area contributed by atoms with Crippen LogP contribution in [0.2, 0.25) is 0 Å². The van der Waals surface area contributed by atoms with Gasteiger partial charge in [0.05, 0.1) is 0 Å². The molecule has 0 aliphatic carbocycles. The molecule has 0 spiro atoms. The summed E-state index contributed by atoms with van der Waals surface area (Å²) in [6, 6.07) is 0.305. The molecular weight excluding hydrogens is 198 g/mol. The fraction of sp³-hybridized carbons (Fsp3) is 1.00. The summed E-state index contributed by atoms with van der Waals surface area (Å²) in [4.78, 5) is 0. The van der Waals surface area contributed by atoms with Crippen molar-refractivity contribution in [2.45, 2.75) is 64.5 Å². The van der Waals surface area contributed by atoms with Crippen LogP contribution in [0, 0.1) is 5.92 Å². The second kappa shape index (κ2) is 8.04. The monoisotopic (exact) mass is 229 g/mol. The van der Waals surface area contributed by atoms with Crippen LogP contribution in [-0.4, -0.2) is 25.2 Å². The maximum absolute atomic E-state index is 6.21. The van der Waals surface area contributed by atoms with Crippen molar-refractivity contribution in [1.82, 2.24) is 5.32 Å². The number of hydrogen-bond acceptors (Lipinski definition) is 3. The summed E-state index contributed by atoms with van der Waals surface area (Å²) >= 11 is 0. The number of rotatable bonds is 9. The highest BCUT2D eigenvalue weighted by molar-refractivity contribution is 4.95. The van der Waals surface area contributed by atoms with Crippen LogP contribution in [0.25, 0.3) is 0 Å². The number of unbranched alkanes of at least 4 members (excludes halogenated alkanes) is 3. The van der Waals surface area contributed by atoms with Crippen LogP contribution in [0.4, 0.5) is 0 Å². The van der Waals surface area contributed by atoms with Gasteiger partial charge in [-0.15, -0.1) is 0 Å². The molecule has 3 unspecified atom stereocenters. The molecule has 3 heteroatoms. The second-order valence-electron chi connectivity index (χ2n) is 5.30. The van der Waals surface area contributed by atoms with Crippen LogP contribution in [0.3, 0.4) is 0 Å². The Morgan fingerprint density at radius 3 is 2.31 bits per heavy atom. The third-order valence-corrected chi connectivity index (χ3v) is 3.54. The van der Waals surface area contributed by atoms with Crippen molar-refractivity contribution in [2.24, 2.45) is 17.4 Å². The van der Waals surface area contributed by atoms with Crippen molar-refractivity contribution in [3.05, 3.63) is 0 Å². The average molecular weight is 229 g/mol. The molecule has 16 heavy (non-hydrogen) atoms. The molecule has 0 heterocycles. The van der Waals surface area contributed by atoms with E-state index < -0.39 is 0 Å². The Morgan fingerprint density at radius 2 is 1.88 bits per heavy atom. The molecule has 0 amide bonds. The lowest BCUT2D eigenvalue weighted by molar-refractivity contribution is 0.247. The Morgan fingerprint density at radius 1 is 1.25 bits per heavy atom. The van der Waals surface area contributed by atoms with Gasteiger partial charge >= 0.3 is 0 Å². The molecule has 3 nitrogen and oxygen atoms in total. The van der Waals surface area contributed by atoms with E-state index in [9.17, 15) is 0 Å². The number of likely N-dealkylation sites (N-methyl/N-ethyl adjacent to an activating group) is 1. The smallest absolute Gasteiger partial charge is 0.0408 e. The standard InChI is InChI=1S/C13H31N3/c1-5-6-7-8-9-11(2)12(16-4)13(3,15)10-14/h11-12,16H,5-10,14-15H2,1-4H3. The zero-order valence-corrected chi connectivity index (χ0v) is 11.6. The van der Waals surface area contributed by atoms with Crippen LogP contribution in [0.1, 0.15) is 52.9 Å². The lowest BCUT2D eigenvalue weighted by atomic mass is 9.82. The van der Waals surface area contributed by atoms with E-state index in [1.807, 2.05) is 14.0 Å². The van der Waals surface area contributed by atoms with E-state index in [4.69, 9.17) is 11.5 Å². The van der Waals surface area contributed by atoms with Crippen LogP contribution in [-0.2, 0) is 0 Å². The molecule has 3 atom stereocenters. The maximum Gasteiger partial charge on any atom is 0.0408 e. The summed E-state index contributed by atoms with van der Waals surface area (Å²) in [6.07, 6.45) is 6.50. The van der Waals surface area contributed by atoms with Crippen LogP contribution in [0.15, 0.2) is 0 Å². The molecule has 0 bridgehead atoms. The van der Waals surface area contributed by atoms with E-state index in [-0.39, 0.29) is 5.54 Å². The summed E-state index contributed by atoms with van der Waals surface area (Å²) in [6.45, 7) is 7.08. The number of nitrogens with two attached hydrogens (primary N) is 2. The first-order chi connectivity index (χ1) is 7.49. The Labute approximate surface area is 101 Å². The lowest BCUT2D eigenvalue weighted by Crippen LogP contribution is -2.61. The van der Waals surface area contributed by atoms with Crippen molar-refractivity contribution in [2.75, 3.05) is 13.6 Å². The zero-order valence-electron chi connectivity index (χ0n) is 11.6. The van der Waals surface area contributed by atoms with E-state index in [1.165, 1.54) is 32.1 Å². The highest BCUT2D eigenvalue weighted by atomic mass is 15.0. The van der Waals surface area contributed by atoms with Crippen molar-refractivity contribution >= 4 is 0 Å². The molecule has 98 valence electrons. The largest absolute Gasteiger partial charge is 0.329 e. The second-order valence-corrected chi connectivity index (χ2v) is 5.30. The molecular formula is C13H31N3. The molecule has 0 aromatic heterocycles. The Hall–Kier alpha value is -0.120. The van der Waals surface area contributed by atoms with Gasteiger partial charge in [-0.05, 0) is 26.3 Å². The summed E-state index contributed by atoms with van der Waals surface area (Å²) in [7, 11) is 1.98. The minimum Gasteiger partial charge on any atom is -0.329 e. The first kappa shape index (κ1) is 15.9. The first-order valence-electron chi connectivity index (χ1n) is 6.65. The first-order valence-corrected chi connectivity index (χ1v) is 6.65. The van der Waals surface area contributed by atoms with Gasteiger partial charge in [0.1, 0.15) is 0 Å². The van der Waals surface area contributed by atoms with Crippen molar-refractivity contribution in [1.29, 1.82) is 0 Å². The van der Waals surface area contributed by atoms with E-state index >= 15 is 0 Å². The predicted molar refractivity (Wildman–Crippen MR) is 72.4 cm³/mol. The minimum absolute atomic E-state index is 0.305. The fourth-order valence-corrected chi connectivity index (χ4v) is 2.45. The molecule has 0 saturated carbocycles. The van der Waals surface area contributed by atoms with E-state index in [0.717, 1.165) is 0 Å². The highest BCUT2D eigenvalue weighted by Gasteiger charge is 2.31. The van der Waals surface area contributed by atoms with Crippen LogP contribution >= 0.6 is 0 Å². The van der Waals surface area contributed by atoms with Gasteiger partial charge in [0, 0.05) is 18.1 Å². The molecule has 0 aliphatic heterocycles. The number of nitrogens with one attached hydrogen (secondary N) is 1. The van der Waals surface area contributed by atoms with Gasteiger partial charge in [-0.2, -0.15) is 0 Å². The van der Waals surface area contributed by atoms with Crippen molar-refractivity contribution < 1.29 is 0 Å². The third-order valence-electron chi connectivity index (χ3n) is 3.54. The van der Waals surface area contributed by atoms with Gasteiger partial charge in [0.2, 0.25) is 0 Å². The molecule has 0 radical (unpaired) electrons. The summed E-state index contributed by atoms with van der Waals surface area (Å²) in [5.41, 5.74) is 11.6.